The lowest BCUT2D eigenvalue weighted by Crippen LogP contribution is -2.30. The van der Waals surface area contributed by atoms with Crippen molar-refractivity contribution in [2.75, 3.05) is 0 Å². The Bertz CT molecular complexity index is 919. The third-order valence-corrected chi connectivity index (χ3v) is 4.08. The zero-order valence-electron chi connectivity index (χ0n) is 10.5. The van der Waals surface area contributed by atoms with Crippen LogP contribution in [-0.4, -0.2) is 16.0 Å². The highest BCUT2D eigenvalue weighted by molar-refractivity contribution is 7.73. The van der Waals surface area contributed by atoms with Crippen molar-refractivity contribution in [1.82, 2.24) is 4.98 Å². The molecular weight excluding hydrogens is 292 g/mol. The second-order valence-electron chi connectivity index (χ2n) is 4.45. The summed E-state index contributed by atoms with van der Waals surface area (Å²) in [6.07, 6.45) is 3.37. The van der Waals surface area contributed by atoms with Gasteiger partial charge in [-0.05, 0) is 42.9 Å². The van der Waals surface area contributed by atoms with Crippen molar-refractivity contribution in [2.45, 2.75) is 6.92 Å². The average Bonchev–Trinajstić information content (AvgIpc) is 2.69. The minimum absolute atomic E-state index is 0.0246. The minimum Gasteiger partial charge on any atom is -0.494 e. The number of nitrogens with zero attached hydrogens (tertiary/aromatic N) is 1. The summed E-state index contributed by atoms with van der Waals surface area (Å²) < 4.78 is 0.463. The molecule has 1 aromatic heterocycles. The molecule has 2 N–H and O–H groups in total. The molecule has 100 valence electrons. The quantitative estimate of drug-likeness (QED) is 0.624. The van der Waals surface area contributed by atoms with Crippen molar-refractivity contribution in [1.29, 1.82) is 0 Å². The summed E-state index contributed by atoms with van der Waals surface area (Å²) >= 11 is 6.16. The third-order valence-electron chi connectivity index (χ3n) is 2.91. The number of hydrogen-bond donors (Lipinski definition) is 2. The monoisotopic (exact) mass is 302 g/mol. The second-order valence-corrected chi connectivity index (χ2v) is 6.17. The van der Waals surface area contributed by atoms with Gasteiger partial charge in [-0.15, -0.1) is 11.3 Å². The molecule has 0 bridgehead atoms. The number of carbonyl (C=O) groups is 1. The Balaban J connectivity index is 2.17. The molecule has 0 atom stereocenters. The molecule has 0 saturated carbocycles. The largest absolute Gasteiger partial charge is 0.494 e. The Hall–Kier alpha value is -2.05. The standard InChI is InChI=1S/C14H10N2O2S2/c1-7-2-3-8-5-9(12(17)15-10(8)4-7)6-11-13(18)16-14(19)20-11/h2-6,18H,1H3,(H,16,19)/b9-6-. The van der Waals surface area contributed by atoms with Crippen LogP contribution >= 0.6 is 23.6 Å². The number of rotatable bonds is 1. The number of aromatic nitrogens is 1. The third kappa shape index (κ3) is 2.35. The van der Waals surface area contributed by atoms with Crippen LogP contribution in [0.15, 0.2) is 28.8 Å². The maximum atomic E-state index is 12.0. The Labute approximate surface area is 123 Å². The second kappa shape index (κ2) is 4.81. The van der Waals surface area contributed by atoms with Crippen molar-refractivity contribution in [3.63, 3.8) is 0 Å². The highest BCUT2D eigenvalue weighted by Crippen LogP contribution is 2.25. The van der Waals surface area contributed by atoms with E-state index in [4.69, 9.17) is 12.2 Å². The SMILES string of the molecule is Cc1ccc2c(c1)=NC(=O)/C(=C\c1sc(=S)[nH]c1O)C=2. The van der Waals surface area contributed by atoms with E-state index < -0.39 is 0 Å². The summed E-state index contributed by atoms with van der Waals surface area (Å²) in [7, 11) is 0. The predicted octanol–water partition coefficient (Wildman–Crippen LogP) is 1.84. The Morgan fingerprint density at radius 2 is 2.25 bits per heavy atom. The summed E-state index contributed by atoms with van der Waals surface area (Å²) in [6, 6.07) is 5.77. The molecule has 1 amide bonds. The van der Waals surface area contributed by atoms with Gasteiger partial charge in [-0.2, -0.15) is 0 Å². The summed E-state index contributed by atoms with van der Waals surface area (Å²) in [5.41, 5.74) is 1.49. The van der Waals surface area contributed by atoms with Gasteiger partial charge in [0, 0.05) is 10.8 Å². The van der Waals surface area contributed by atoms with Crippen LogP contribution in [0.3, 0.4) is 0 Å². The zero-order chi connectivity index (χ0) is 14.3. The summed E-state index contributed by atoms with van der Waals surface area (Å²) in [5, 5.41) is 11.2. The van der Waals surface area contributed by atoms with Crippen molar-refractivity contribution in [3.8, 4) is 5.88 Å². The first-order valence-electron chi connectivity index (χ1n) is 5.88. The lowest BCUT2D eigenvalue weighted by molar-refractivity contribution is -0.114. The van der Waals surface area contributed by atoms with Gasteiger partial charge >= 0.3 is 0 Å². The number of thiazole rings is 1. The Kier molecular flexibility index (Phi) is 3.11. The van der Waals surface area contributed by atoms with Gasteiger partial charge in [0.05, 0.1) is 10.2 Å². The summed E-state index contributed by atoms with van der Waals surface area (Å²) in [5.74, 6) is -0.342. The molecule has 0 fully saturated rings. The maximum Gasteiger partial charge on any atom is 0.277 e. The molecule has 3 rings (SSSR count). The van der Waals surface area contributed by atoms with Crippen molar-refractivity contribution < 1.29 is 9.90 Å². The number of benzene rings is 1. The number of hydrogen-bond acceptors (Lipinski definition) is 4. The van der Waals surface area contributed by atoms with E-state index in [0.29, 0.717) is 19.8 Å². The molecule has 1 aromatic carbocycles. The maximum absolute atomic E-state index is 12.0. The first-order valence-corrected chi connectivity index (χ1v) is 7.10. The van der Waals surface area contributed by atoms with Crippen LogP contribution in [0.4, 0.5) is 0 Å². The van der Waals surface area contributed by atoms with E-state index in [1.54, 1.807) is 12.2 Å². The van der Waals surface area contributed by atoms with Gasteiger partial charge in [0.15, 0.2) is 3.95 Å². The lowest BCUT2D eigenvalue weighted by atomic mass is 10.1. The molecule has 0 saturated heterocycles. The van der Waals surface area contributed by atoms with Gasteiger partial charge in [0.2, 0.25) is 5.88 Å². The van der Waals surface area contributed by atoms with Crippen LogP contribution in [0.1, 0.15) is 10.4 Å². The van der Waals surface area contributed by atoms with E-state index in [1.165, 1.54) is 11.3 Å². The van der Waals surface area contributed by atoms with Gasteiger partial charge in [-0.1, -0.05) is 12.1 Å². The van der Waals surface area contributed by atoms with Crippen molar-refractivity contribution in [2.24, 2.45) is 4.99 Å². The molecule has 4 nitrogen and oxygen atoms in total. The number of aromatic hydroxyl groups is 1. The average molecular weight is 302 g/mol. The first kappa shape index (κ1) is 13.0. The molecule has 2 heterocycles. The topological polar surface area (TPSA) is 65.5 Å². The zero-order valence-corrected chi connectivity index (χ0v) is 12.1. The van der Waals surface area contributed by atoms with Gasteiger partial charge < -0.3 is 10.1 Å². The van der Waals surface area contributed by atoms with E-state index in [0.717, 1.165) is 10.8 Å². The number of amides is 1. The van der Waals surface area contributed by atoms with E-state index in [2.05, 4.69) is 9.98 Å². The number of H-pyrrole nitrogens is 1. The number of fused-ring (bicyclic) bond motifs is 1. The van der Waals surface area contributed by atoms with Crippen LogP contribution in [0.5, 0.6) is 5.88 Å². The van der Waals surface area contributed by atoms with E-state index in [-0.39, 0.29) is 11.8 Å². The van der Waals surface area contributed by atoms with Crippen molar-refractivity contribution >= 4 is 41.6 Å². The fourth-order valence-electron chi connectivity index (χ4n) is 1.95. The van der Waals surface area contributed by atoms with Crippen LogP contribution in [-0.2, 0) is 4.79 Å². The van der Waals surface area contributed by atoms with Crippen LogP contribution in [0.2, 0.25) is 0 Å². The molecule has 0 radical (unpaired) electrons. The Morgan fingerprint density at radius 3 is 2.95 bits per heavy atom. The fourth-order valence-corrected chi connectivity index (χ4v) is 3.00. The molecular formula is C14H10N2O2S2. The fraction of sp³-hybridized carbons (Fsp3) is 0.0714. The minimum atomic E-state index is -0.318. The number of nitrogens with one attached hydrogen (secondary N) is 1. The number of aryl methyl sites for hydroxylation is 1. The number of aromatic amines is 1. The molecule has 1 aliphatic heterocycles. The van der Waals surface area contributed by atoms with Gasteiger partial charge in [-0.3, -0.25) is 4.79 Å². The normalized spacial score (nSPS) is 15.7. The number of carbonyl (C=O) groups excluding carboxylic acids is 1. The van der Waals surface area contributed by atoms with Crippen LogP contribution in [0.25, 0.3) is 12.2 Å². The van der Waals surface area contributed by atoms with E-state index in [1.807, 2.05) is 25.1 Å². The molecule has 0 aliphatic carbocycles. The predicted molar refractivity (Wildman–Crippen MR) is 80.6 cm³/mol. The molecule has 2 aromatic rings. The van der Waals surface area contributed by atoms with Gasteiger partial charge in [0.25, 0.3) is 5.91 Å². The summed E-state index contributed by atoms with van der Waals surface area (Å²) in [6.45, 7) is 1.95. The van der Waals surface area contributed by atoms with Gasteiger partial charge in [0.1, 0.15) is 0 Å². The Morgan fingerprint density at radius 1 is 1.45 bits per heavy atom. The van der Waals surface area contributed by atoms with Crippen molar-refractivity contribution in [3.05, 3.63) is 48.7 Å². The first-order chi connectivity index (χ1) is 9.52. The van der Waals surface area contributed by atoms with E-state index in [9.17, 15) is 9.90 Å². The molecule has 0 unspecified atom stereocenters. The highest BCUT2D eigenvalue weighted by atomic mass is 32.1. The van der Waals surface area contributed by atoms with Crippen LogP contribution < -0.4 is 10.6 Å². The van der Waals surface area contributed by atoms with Gasteiger partial charge in [-0.25, -0.2) is 4.99 Å². The molecule has 6 heteroatoms. The van der Waals surface area contributed by atoms with E-state index >= 15 is 0 Å². The highest BCUT2D eigenvalue weighted by Gasteiger charge is 2.12. The van der Waals surface area contributed by atoms with Crippen LogP contribution in [0, 0.1) is 10.9 Å². The lowest BCUT2D eigenvalue weighted by Gasteiger charge is -2.03. The summed E-state index contributed by atoms with van der Waals surface area (Å²) in [4.78, 5) is 19.2. The molecule has 0 spiro atoms. The molecule has 20 heavy (non-hydrogen) atoms. The molecule has 1 aliphatic rings. The smallest absolute Gasteiger partial charge is 0.277 e.